The minimum Gasteiger partial charge on any atom is -0.493 e. The van der Waals surface area contributed by atoms with Gasteiger partial charge in [0.05, 0.1) is 28.3 Å². The van der Waals surface area contributed by atoms with Crippen molar-refractivity contribution in [3.05, 3.63) is 63.4 Å². The van der Waals surface area contributed by atoms with Crippen molar-refractivity contribution < 1.29 is 18.7 Å². The van der Waals surface area contributed by atoms with Gasteiger partial charge in [0.25, 0.3) is 5.91 Å². The van der Waals surface area contributed by atoms with Crippen LogP contribution >= 0.6 is 23.2 Å². The minimum atomic E-state index is -0.830. The van der Waals surface area contributed by atoms with Crippen molar-refractivity contribution in [2.45, 2.75) is 31.8 Å². The molecule has 2 aromatic rings. The van der Waals surface area contributed by atoms with E-state index in [1.165, 1.54) is 18.2 Å². The summed E-state index contributed by atoms with van der Waals surface area (Å²) in [5.41, 5.74) is 0.770. The molecule has 1 heterocycles. The molecule has 5 nitrogen and oxygen atoms in total. The number of ether oxygens (including phenoxy) is 1. The van der Waals surface area contributed by atoms with Gasteiger partial charge in [0.1, 0.15) is 17.6 Å². The van der Waals surface area contributed by atoms with Crippen LogP contribution in [-0.4, -0.2) is 24.5 Å². The molecule has 0 bridgehead atoms. The molecule has 2 N–H and O–H groups in total. The smallest absolute Gasteiger partial charge is 0.253 e. The van der Waals surface area contributed by atoms with E-state index in [9.17, 15) is 14.0 Å². The summed E-state index contributed by atoms with van der Waals surface area (Å²) < 4.78 is 19.3. The van der Waals surface area contributed by atoms with Gasteiger partial charge in [-0.15, -0.1) is 0 Å². The van der Waals surface area contributed by atoms with Crippen LogP contribution in [-0.2, 0) is 4.79 Å². The van der Waals surface area contributed by atoms with Gasteiger partial charge in [-0.1, -0.05) is 29.3 Å². The molecule has 1 aliphatic rings. The Hall–Kier alpha value is -2.31. The van der Waals surface area contributed by atoms with Crippen LogP contribution in [0.3, 0.4) is 0 Å². The predicted octanol–water partition coefficient (Wildman–Crippen LogP) is 4.28. The van der Waals surface area contributed by atoms with Gasteiger partial charge in [0.15, 0.2) is 0 Å². The number of hydrogen-bond donors (Lipinski definition) is 2. The summed E-state index contributed by atoms with van der Waals surface area (Å²) in [5, 5.41) is 5.85. The third-order valence-corrected chi connectivity index (χ3v) is 5.31. The van der Waals surface area contributed by atoms with E-state index in [0.29, 0.717) is 30.8 Å². The molecular weight excluding hydrogens is 406 g/mol. The quantitative estimate of drug-likeness (QED) is 0.769. The monoisotopic (exact) mass is 424 g/mol. The summed E-state index contributed by atoms with van der Waals surface area (Å²) in [6.45, 7) is 2.05. The third-order valence-electron chi connectivity index (χ3n) is 4.50. The Morgan fingerprint density at radius 1 is 1.25 bits per heavy atom. The highest BCUT2D eigenvalue weighted by molar-refractivity contribution is 6.43. The van der Waals surface area contributed by atoms with Gasteiger partial charge in [-0.2, -0.15) is 0 Å². The first-order valence-electron chi connectivity index (χ1n) is 8.84. The van der Waals surface area contributed by atoms with Crippen LogP contribution in [0.2, 0.25) is 10.0 Å². The molecule has 0 spiro atoms. The topological polar surface area (TPSA) is 67.4 Å². The summed E-state index contributed by atoms with van der Waals surface area (Å²) in [6.07, 6.45) is 1.31. The van der Waals surface area contributed by atoms with E-state index >= 15 is 0 Å². The fourth-order valence-electron chi connectivity index (χ4n) is 3.01. The van der Waals surface area contributed by atoms with E-state index in [1.807, 2.05) is 0 Å². The lowest BCUT2D eigenvalue weighted by Gasteiger charge is -2.21. The molecule has 0 saturated carbocycles. The number of halogens is 3. The zero-order valence-corrected chi connectivity index (χ0v) is 16.6. The summed E-state index contributed by atoms with van der Waals surface area (Å²) in [5.74, 6) is -0.758. The van der Waals surface area contributed by atoms with Crippen LogP contribution in [0, 0.1) is 5.82 Å². The molecule has 0 aromatic heterocycles. The van der Waals surface area contributed by atoms with Crippen LogP contribution in [0.4, 0.5) is 4.39 Å². The number of carbonyl (C=O) groups is 2. The van der Waals surface area contributed by atoms with Crippen LogP contribution < -0.4 is 15.4 Å². The van der Waals surface area contributed by atoms with Crippen LogP contribution in [0.15, 0.2) is 36.4 Å². The average Bonchev–Trinajstić information content (AvgIpc) is 2.85. The van der Waals surface area contributed by atoms with E-state index in [1.54, 1.807) is 25.1 Å². The van der Waals surface area contributed by atoms with Crippen molar-refractivity contribution in [3.63, 3.8) is 0 Å². The number of nitrogens with one attached hydrogen (secondary N) is 2. The molecule has 8 heteroatoms. The molecule has 0 unspecified atom stereocenters. The molecule has 2 atom stereocenters. The maximum Gasteiger partial charge on any atom is 0.253 e. The Morgan fingerprint density at radius 3 is 2.82 bits per heavy atom. The summed E-state index contributed by atoms with van der Waals surface area (Å²) in [7, 11) is 0. The molecule has 0 fully saturated rings. The lowest BCUT2D eigenvalue weighted by atomic mass is 10.0. The molecular formula is C20H19Cl2FN2O3. The molecule has 0 saturated heterocycles. The highest BCUT2D eigenvalue weighted by Crippen LogP contribution is 2.32. The van der Waals surface area contributed by atoms with Crippen molar-refractivity contribution in [2.24, 2.45) is 0 Å². The fourth-order valence-corrected chi connectivity index (χ4v) is 3.40. The summed E-state index contributed by atoms with van der Waals surface area (Å²) in [6, 6.07) is 7.70. The van der Waals surface area contributed by atoms with Crippen LogP contribution in [0.25, 0.3) is 0 Å². The Morgan fingerprint density at radius 2 is 2.04 bits per heavy atom. The lowest BCUT2D eigenvalue weighted by molar-refractivity contribution is -0.123. The first-order chi connectivity index (χ1) is 13.4. The Bertz CT molecular complexity index is 907. The minimum absolute atomic E-state index is 0.125. The fraction of sp³-hybridized carbons (Fsp3) is 0.300. The van der Waals surface area contributed by atoms with E-state index in [4.69, 9.17) is 27.9 Å². The maximum atomic E-state index is 13.7. The van der Waals surface area contributed by atoms with E-state index in [-0.39, 0.29) is 15.6 Å². The molecule has 148 valence electrons. The van der Waals surface area contributed by atoms with Crippen molar-refractivity contribution >= 4 is 35.0 Å². The van der Waals surface area contributed by atoms with E-state index in [0.717, 1.165) is 0 Å². The van der Waals surface area contributed by atoms with E-state index < -0.39 is 29.7 Å². The first-order valence-corrected chi connectivity index (χ1v) is 9.60. The lowest BCUT2D eigenvalue weighted by Crippen LogP contribution is -2.45. The number of carbonyl (C=O) groups excluding carboxylic acids is 2. The highest BCUT2D eigenvalue weighted by Gasteiger charge is 2.25. The van der Waals surface area contributed by atoms with Gasteiger partial charge in [0, 0.05) is 5.56 Å². The summed E-state index contributed by atoms with van der Waals surface area (Å²) in [4.78, 5) is 25.0. The van der Waals surface area contributed by atoms with Gasteiger partial charge >= 0.3 is 0 Å². The normalized spacial score (nSPS) is 16.9. The Labute approximate surface area is 172 Å². The zero-order valence-electron chi connectivity index (χ0n) is 15.1. The van der Waals surface area contributed by atoms with Crippen molar-refractivity contribution in [2.75, 3.05) is 6.61 Å². The largest absolute Gasteiger partial charge is 0.493 e. The van der Waals surface area contributed by atoms with Crippen molar-refractivity contribution in [1.29, 1.82) is 0 Å². The second kappa shape index (κ2) is 8.80. The van der Waals surface area contributed by atoms with Crippen LogP contribution in [0.5, 0.6) is 5.75 Å². The van der Waals surface area contributed by atoms with Gasteiger partial charge in [-0.05, 0) is 50.1 Å². The number of rotatable bonds is 4. The average molecular weight is 425 g/mol. The van der Waals surface area contributed by atoms with Gasteiger partial charge in [-0.3, -0.25) is 9.59 Å². The van der Waals surface area contributed by atoms with Gasteiger partial charge in [-0.25, -0.2) is 4.39 Å². The predicted molar refractivity (Wildman–Crippen MR) is 105 cm³/mol. The molecule has 0 radical (unpaired) electrons. The van der Waals surface area contributed by atoms with Crippen molar-refractivity contribution in [3.8, 4) is 5.75 Å². The van der Waals surface area contributed by atoms with Gasteiger partial charge < -0.3 is 15.4 Å². The molecule has 28 heavy (non-hydrogen) atoms. The van der Waals surface area contributed by atoms with Crippen LogP contribution in [0.1, 0.15) is 41.7 Å². The highest BCUT2D eigenvalue weighted by atomic mass is 35.5. The number of amides is 2. The summed E-state index contributed by atoms with van der Waals surface area (Å²) >= 11 is 12.0. The molecule has 2 amide bonds. The number of hydrogen-bond acceptors (Lipinski definition) is 3. The zero-order chi connectivity index (χ0) is 20.3. The number of fused-ring (bicyclic) bond motifs is 1. The molecule has 1 aliphatic heterocycles. The van der Waals surface area contributed by atoms with E-state index in [2.05, 4.69) is 10.6 Å². The third kappa shape index (κ3) is 4.56. The van der Waals surface area contributed by atoms with Gasteiger partial charge in [0.2, 0.25) is 5.91 Å². The second-order valence-electron chi connectivity index (χ2n) is 6.53. The SMILES string of the molecule is C[C@@H](NC(=O)c1cccc(Cl)c1Cl)C(=O)N[C@H]1CCCOc2ccc(F)cc21. The first kappa shape index (κ1) is 20.4. The maximum absolute atomic E-state index is 13.7. The molecule has 3 rings (SSSR count). The Kier molecular flexibility index (Phi) is 6.42. The Balaban J connectivity index is 1.70. The number of benzene rings is 2. The molecule has 2 aromatic carbocycles. The standard InChI is InChI=1S/C20H19Cl2FN2O3/c1-11(24-20(27)13-4-2-5-15(21)18(13)22)19(26)25-16-6-3-9-28-17-8-7-12(23)10-14(16)17/h2,4-5,7-8,10-11,16H,3,6,9H2,1H3,(H,24,27)(H,25,26)/t11-,16+/m1/s1. The molecule has 0 aliphatic carbocycles. The van der Waals surface area contributed by atoms with Crippen molar-refractivity contribution in [1.82, 2.24) is 10.6 Å². The second-order valence-corrected chi connectivity index (χ2v) is 7.32.